The molecule has 418 valence electrons. The number of carbonyl (C=O) groups excluding carboxylic acids is 3. The molecule has 9 fully saturated rings. The van der Waals surface area contributed by atoms with Crippen molar-refractivity contribution >= 4 is 77.3 Å². The van der Waals surface area contributed by atoms with Gasteiger partial charge in [-0.25, -0.2) is 9.59 Å². The van der Waals surface area contributed by atoms with Gasteiger partial charge in [-0.15, -0.1) is 0 Å². The fourth-order valence-corrected chi connectivity index (χ4v) is 12.5. The number of hydrogen-bond acceptors (Lipinski definition) is 18. The fourth-order valence-electron chi connectivity index (χ4n) is 11.8. The van der Waals surface area contributed by atoms with Crippen LogP contribution in [0, 0.1) is 0 Å². The SMILES string of the molecule is C=C(Br)C[C@@H](CCC(=O)C[C@H]1O[C@H]2[C@@H](O)[C@H]3O[C@@H](CCO)CC[C@@H]3O[C@H]2[C@H]1O)OC(=O)c1ccccc1.C=C(Br)C[C@@H](CC[C@@]12C[C@H]3O[C@H]4C(O1)[C@H]1O[C@@H](CCO)CC[C@@H]1O[C@H]4[C@H]3O2)OC(=O)c1ccccc1.[3H][P+](P)=S. The maximum atomic E-state index is 12.8. The van der Waals surface area contributed by atoms with Crippen LogP contribution in [0.25, 0.3) is 0 Å². The molecule has 22 heteroatoms. The summed E-state index contributed by atoms with van der Waals surface area (Å²) in [4.78, 5) is 38.1. The zero-order chi connectivity index (χ0) is 55.0. The van der Waals surface area contributed by atoms with Gasteiger partial charge in [0, 0.05) is 51.7 Å². The number of Topliss-reactive ketones (excluding diaryl/α,β-unsaturated/α-hetero) is 1. The second-order valence-corrected chi connectivity index (χ2v) is 25.6. The molecule has 17 nitrogen and oxygen atoms in total. The van der Waals surface area contributed by atoms with Gasteiger partial charge in [-0.05, 0) is 84.6 Å². The Labute approximate surface area is 470 Å². The molecule has 0 radical (unpaired) electrons. The molecule has 9 heterocycles. The number of ether oxygens (including phenoxy) is 10. The molecular weight excluding hydrogens is 1170 g/mol. The number of aliphatic hydroxyl groups excluding tert-OH is 4. The van der Waals surface area contributed by atoms with Crippen molar-refractivity contribution in [1.82, 2.24) is 0 Å². The highest BCUT2D eigenvalue weighted by molar-refractivity contribution is 9.12. The van der Waals surface area contributed by atoms with Crippen LogP contribution in [0.1, 0.15) is 111 Å². The van der Waals surface area contributed by atoms with Gasteiger partial charge in [0.25, 0.3) is 0 Å². The van der Waals surface area contributed by atoms with Gasteiger partial charge in [0.1, 0.15) is 79.0 Å². The Morgan fingerprint density at radius 2 is 1.17 bits per heavy atom. The van der Waals surface area contributed by atoms with E-state index in [1.165, 1.54) is 0 Å². The average molecular weight is 1250 g/mol. The van der Waals surface area contributed by atoms with Crippen molar-refractivity contribution in [2.75, 3.05) is 13.2 Å². The first kappa shape index (κ1) is 58.6. The van der Waals surface area contributed by atoms with Crippen molar-refractivity contribution in [3.63, 3.8) is 0 Å². The van der Waals surface area contributed by atoms with Gasteiger partial charge in [-0.2, -0.15) is 0 Å². The quantitative estimate of drug-likeness (QED) is 0.0774. The first-order valence-corrected chi connectivity index (χ1v) is 31.3. The van der Waals surface area contributed by atoms with Crippen molar-refractivity contribution in [2.45, 2.75) is 206 Å². The second-order valence-electron chi connectivity index (χ2n) is 20.6. The first-order chi connectivity index (χ1) is 36.9. The first-order valence-electron chi connectivity index (χ1n) is 26.7. The number of carbonyl (C=O) groups is 3. The lowest BCUT2D eigenvalue weighted by molar-refractivity contribution is -0.293. The number of aliphatic hydroxyl groups is 4. The van der Waals surface area contributed by atoms with Crippen molar-refractivity contribution in [3.8, 4) is 0 Å². The monoisotopic (exact) mass is 1250 g/mol. The third kappa shape index (κ3) is 14.9. The van der Waals surface area contributed by atoms with Crippen molar-refractivity contribution in [2.24, 2.45) is 0 Å². The molecule has 4 N–H and O–H groups in total. The Balaban J connectivity index is 0.000000191. The molecule has 0 amide bonds. The molecule has 0 saturated carbocycles. The van der Waals surface area contributed by atoms with E-state index < -0.39 is 61.5 Å². The Morgan fingerprint density at radius 1 is 0.684 bits per heavy atom. The van der Waals surface area contributed by atoms with Gasteiger partial charge in [0.05, 0.1) is 56.7 Å². The van der Waals surface area contributed by atoms with Crippen LogP contribution in [0.5, 0.6) is 0 Å². The summed E-state index contributed by atoms with van der Waals surface area (Å²) in [6, 6.07) is 17.6. The molecule has 2 aromatic rings. The highest BCUT2D eigenvalue weighted by atomic mass is 79.9. The Kier molecular flexibility index (Phi) is 21.7. The summed E-state index contributed by atoms with van der Waals surface area (Å²) in [5.74, 6) is -1.83. The lowest BCUT2D eigenvalue weighted by Gasteiger charge is -2.47. The lowest BCUT2D eigenvalue weighted by atomic mass is 9.87. The van der Waals surface area contributed by atoms with Gasteiger partial charge in [-0.3, -0.25) is 4.79 Å². The van der Waals surface area contributed by atoms with Crippen LogP contribution in [0.3, 0.4) is 0 Å². The molecule has 0 aliphatic carbocycles. The van der Waals surface area contributed by atoms with E-state index in [-0.39, 0.29) is 105 Å². The third-order valence-corrected chi connectivity index (χ3v) is 15.9. The molecule has 0 spiro atoms. The molecule has 2 aromatic carbocycles. The minimum atomic E-state index is -1.06. The number of hydrogen-bond donors (Lipinski definition) is 4. The van der Waals surface area contributed by atoms with Gasteiger partial charge in [0.2, 0.25) is 0 Å². The average Bonchev–Trinajstić information content (AvgIpc) is 4.05. The van der Waals surface area contributed by atoms with Gasteiger partial charge < -0.3 is 67.8 Å². The Bertz CT molecular complexity index is 2350. The van der Waals surface area contributed by atoms with E-state index in [2.05, 4.69) is 65.8 Å². The summed E-state index contributed by atoms with van der Waals surface area (Å²) in [6.45, 7) is 6.99. The van der Waals surface area contributed by atoms with Crippen LogP contribution in [0.2, 0.25) is 0 Å². The number of halogens is 2. The smallest absolute Gasteiger partial charge is 0.355 e. The van der Waals surface area contributed by atoms with Crippen LogP contribution in [0.4, 0.5) is 0 Å². The topological polar surface area (TPSA) is 224 Å². The highest BCUT2D eigenvalue weighted by Crippen LogP contribution is 2.54. The largest absolute Gasteiger partial charge is 0.458 e. The van der Waals surface area contributed by atoms with E-state index in [0.717, 1.165) is 17.3 Å². The van der Waals surface area contributed by atoms with Crippen molar-refractivity contribution in [3.05, 3.63) is 93.9 Å². The van der Waals surface area contributed by atoms with Gasteiger partial charge in [0.15, 0.2) is 24.6 Å². The maximum Gasteiger partial charge on any atom is 0.355 e. The highest BCUT2D eigenvalue weighted by Gasteiger charge is 2.68. The third-order valence-electron chi connectivity index (χ3n) is 15.3. The zero-order valence-electron chi connectivity index (χ0n) is 43.2. The summed E-state index contributed by atoms with van der Waals surface area (Å²) < 4.78 is 69.8. The molecule has 0 aromatic heterocycles. The minimum absolute atomic E-state index is 0.000520. The molecule has 76 heavy (non-hydrogen) atoms. The van der Waals surface area contributed by atoms with Crippen LogP contribution >= 0.6 is 47.8 Å². The van der Waals surface area contributed by atoms with Crippen LogP contribution < -0.4 is 0 Å². The second kappa shape index (κ2) is 28.1. The van der Waals surface area contributed by atoms with Gasteiger partial charge >= 0.3 is 13.2 Å². The predicted molar refractivity (Wildman–Crippen MR) is 293 cm³/mol. The van der Waals surface area contributed by atoms with E-state index in [9.17, 15) is 34.8 Å². The predicted octanol–water partition coefficient (Wildman–Crippen LogP) is 6.99. The van der Waals surface area contributed by atoms with Crippen LogP contribution in [0.15, 0.2) is 82.8 Å². The lowest BCUT2D eigenvalue weighted by Crippen LogP contribution is -2.61. The minimum Gasteiger partial charge on any atom is -0.458 e. The van der Waals surface area contributed by atoms with E-state index in [4.69, 9.17) is 48.6 Å². The summed E-state index contributed by atoms with van der Waals surface area (Å²) in [7, 11) is 2.20. The summed E-state index contributed by atoms with van der Waals surface area (Å²) >= 11 is 11.0. The number of benzene rings is 2. The van der Waals surface area contributed by atoms with E-state index in [1.807, 2.05) is 24.3 Å². The molecule has 9 saturated heterocycles. The standard InChI is InChI=1S/C27H35BrO9.C27H33BrO8.H2P2S/c1-15(28)13-19(35-27(33)16-5-3-2-4-6-16)8-7-17(30)14-21-22(31)25-26(37-21)23(32)24-20(36-25)10-9-18(34-24)11-12-29;1-15(28)13-18(32-26(30)16-5-3-2-4-6-16)9-11-27-14-20-22(35-27)23-24(34-20)25(36-27)21-19(33-23)8-7-17(31-21)10-12-29;1-2-3/h2-6,18-26,29,31-32H,1,7-14H2;2-6,17-25,29H,1,7-14H2;1H2/p+1/t18-,19-,20+,21-,22+,23+,24+,25+,26+;17-,18-,19+,20-,21+,22+,23+,24-,25?,27+;/m11./s1/i/hT. The number of rotatable bonds is 20. The summed E-state index contributed by atoms with van der Waals surface area (Å²) in [5.41, 5.74) is 0.941. The maximum absolute atomic E-state index is 12.8. The molecular formula is C54H71Br2O17P2S+. The van der Waals surface area contributed by atoms with E-state index >= 15 is 0 Å². The molecule has 6 bridgehead atoms. The molecule has 21 atom stereocenters. The zero-order valence-corrected chi connectivity index (χ0v) is 48.2. The molecule has 3 unspecified atom stereocenters. The normalized spacial score (nSPS) is 36.4. The Morgan fingerprint density at radius 3 is 1.74 bits per heavy atom. The Hall–Kier alpha value is -2.04. The van der Waals surface area contributed by atoms with Gasteiger partial charge in [-0.1, -0.05) is 81.4 Å². The summed E-state index contributed by atoms with van der Waals surface area (Å²) in [6.07, 6.45) is -0.749. The van der Waals surface area contributed by atoms with Crippen LogP contribution in [-0.4, -0.2) is 168 Å². The summed E-state index contributed by atoms with van der Waals surface area (Å²) in [5, 5.41) is 40.4. The van der Waals surface area contributed by atoms with Crippen molar-refractivity contribution in [1.29, 1.82) is 1.28 Å². The molecule has 9 aliphatic heterocycles. The molecule has 11 rings (SSSR count). The molecule has 9 aliphatic rings. The van der Waals surface area contributed by atoms with Crippen molar-refractivity contribution < 1.29 is 82.2 Å². The number of ketones is 1. The number of esters is 2. The van der Waals surface area contributed by atoms with E-state index in [0.29, 0.717) is 79.8 Å². The van der Waals surface area contributed by atoms with Crippen LogP contribution in [-0.2, 0) is 64.0 Å². The van der Waals surface area contributed by atoms with E-state index in [1.54, 1.807) is 36.4 Å². The fraction of sp³-hybridized carbons (Fsp3) is 0.648. The number of fused-ring (bicyclic) bond motifs is 3.